The summed E-state index contributed by atoms with van der Waals surface area (Å²) in [7, 11) is -3.45. The lowest BCUT2D eigenvalue weighted by molar-refractivity contribution is -0.00810. The van der Waals surface area contributed by atoms with Crippen LogP contribution in [0.1, 0.15) is 38.5 Å². The lowest BCUT2D eigenvalue weighted by atomic mass is 9.53. The molecule has 0 spiro atoms. The van der Waals surface area contributed by atoms with Crippen molar-refractivity contribution < 1.29 is 8.42 Å². The zero-order valence-electron chi connectivity index (χ0n) is 15.3. The molecule has 4 saturated carbocycles. The van der Waals surface area contributed by atoms with Crippen molar-refractivity contribution in [2.45, 2.75) is 50.6 Å². The largest absolute Gasteiger partial charge is 0.298 e. The Kier molecular flexibility index (Phi) is 3.95. The van der Waals surface area contributed by atoms with Crippen molar-refractivity contribution in [1.29, 1.82) is 0 Å². The fourth-order valence-electron chi connectivity index (χ4n) is 6.10. The molecule has 4 aliphatic carbocycles. The van der Waals surface area contributed by atoms with Crippen LogP contribution >= 0.6 is 0 Å². The Morgan fingerprint density at radius 2 is 1.70 bits per heavy atom. The molecule has 144 valence electrons. The van der Waals surface area contributed by atoms with Gasteiger partial charge in [-0.15, -0.1) is 0 Å². The predicted octanol–water partition coefficient (Wildman–Crippen LogP) is 2.28. The van der Waals surface area contributed by atoms with Gasteiger partial charge in [0.2, 0.25) is 10.0 Å². The Morgan fingerprint density at radius 3 is 2.37 bits per heavy atom. The molecule has 0 radical (unpaired) electrons. The van der Waals surface area contributed by atoms with Crippen LogP contribution in [-0.4, -0.2) is 29.3 Å². The number of hydrogen-bond donors (Lipinski definition) is 1. The van der Waals surface area contributed by atoms with Gasteiger partial charge in [-0.25, -0.2) is 18.1 Å². The quantitative estimate of drug-likeness (QED) is 0.853. The average Bonchev–Trinajstić information content (AvgIpc) is 2.59. The van der Waals surface area contributed by atoms with E-state index in [4.69, 9.17) is 0 Å². The third kappa shape index (κ3) is 3.21. The first-order valence-corrected chi connectivity index (χ1v) is 11.5. The molecule has 0 amide bonds. The van der Waals surface area contributed by atoms with Gasteiger partial charge in [0.05, 0.1) is 23.0 Å². The van der Waals surface area contributed by atoms with Crippen LogP contribution in [0.3, 0.4) is 0 Å². The van der Waals surface area contributed by atoms with Crippen molar-refractivity contribution in [2.24, 2.45) is 17.8 Å². The molecule has 0 atom stereocenters. The van der Waals surface area contributed by atoms with Crippen molar-refractivity contribution >= 4 is 20.9 Å². The van der Waals surface area contributed by atoms with E-state index in [1.54, 1.807) is 18.2 Å². The van der Waals surface area contributed by atoms with Gasteiger partial charge >= 0.3 is 0 Å². The molecule has 1 aromatic heterocycles. The van der Waals surface area contributed by atoms with Crippen molar-refractivity contribution in [3.8, 4) is 0 Å². The van der Waals surface area contributed by atoms with E-state index in [0.717, 1.165) is 19.3 Å². The van der Waals surface area contributed by atoms with Gasteiger partial charge in [0.25, 0.3) is 5.56 Å². The summed E-state index contributed by atoms with van der Waals surface area (Å²) < 4.78 is 30.1. The number of nitrogens with one attached hydrogen (secondary N) is 1. The maximum Gasteiger partial charge on any atom is 0.261 e. The molecule has 1 heterocycles. The van der Waals surface area contributed by atoms with Crippen LogP contribution in [0.15, 0.2) is 35.4 Å². The fourth-order valence-corrected chi connectivity index (χ4v) is 7.55. The second-order valence-corrected chi connectivity index (χ2v) is 10.7. The molecule has 1 aromatic carbocycles. The minimum Gasteiger partial charge on any atom is -0.298 e. The number of aryl methyl sites for hydroxylation is 1. The Morgan fingerprint density at radius 1 is 1.07 bits per heavy atom. The van der Waals surface area contributed by atoms with Crippen LogP contribution in [0.25, 0.3) is 10.9 Å². The standard InChI is InChI=1S/C20H25N3O3S/c24-19-17-3-1-2-4-18(17)21-13-23(19)5-6-27(25,26)22-20-10-14-7-15(11-20)9-16(8-14)12-20/h1-4,13-16,22H,5-12H2. The zero-order valence-corrected chi connectivity index (χ0v) is 16.1. The number of para-hydroxylation sites is 1. The minimum absolute atomic E-state index is 0.0886. The summed E-state index contributed by atoms with van der Waals surface area (Å²) in [4.78, 5) is 16.8. The van der Waals surface area contributed by atoms with Gasteiger partial charge in [-0.3, -0.25) is 9.36 Å². The van der Waals surface area contributed by atoms with Crippen LogP contribution in [0.2, 0.25) is 0 Å². The molecular weight excluding hydrogens is 362 g/mol. The van der Waals surface area contributed by atoms with Gasteiger partial charge in [-0.2, -0.15) is 0 Å². The smallest absolute Gasteiger partial charge is 0.261 e. The summed E-state index contributed by atoms with van der Waals surface area (Å²) in [6.07, 6.45) is 8.23. The topological polar surface area (TPSA) is 81.1 Å². The molecule has 0 saturated heterocycles. The van der Waals surface area contributed by atoms with E-state index in [-0.39, 0.29) is 23.4 Å². The number of hydrogen-bond acceptors (Lipinski definition) is 4. The highest BCUT2D eigenvalue weighted by Gasteiger charge is 2.52. The van der Waals surface area contributed by atoms with Crippen molar-refractivity contribution in [3.05, 3.63) is 40.9 Å². The Hall–Kier alpha value is -1.73. The van der Waals surface area contributed by atoms with Gasteiger partial charge in [0.15, 0.2) is 0 Å². The summed E-state index contributed by atoms with van der Waals surface area (Å²) in [5.41, 5.74) is 0.207. The Balaban J connectivity index is 1.32. The Labute approximate surface area is 159 Å². The molecular formula is C20H25N3O3S. The lowest BCUT2D eigenvalue weighted by Gasteiger charge is -2.56. The molecule has 6 nitrogen and oxygen atoms in total. The predicted molar refractivity (Wildman–Crippen MR) is 104 cm³/mol. The summed E-state index contributed by atoms with van der Waals surface area (Å²) >= 11 is 0. The third-order valence-electron chi connectivity index (χ3n) is 6.74. The SMILES string of the molecule is O=c1c2ccccc2ncn1CCS(=O)(=O)NC12CC3CC(CC(C3)C1)C2. The van der Waals surface area contributed by atoms with Crippen LogP contribution in [0.4, 0.5) is 0 Å². The first kappa shape index (κ1) is 17.4. The van der Waals surface area contributed by atoms with E-state index in [9.17, 15) is 13.2 Å². The van der Waals surface area contributed by atoms with Crippen molar-refractivity contribution in [2.75, 3.05) is 5.75 Å². The van der Waals surface area contributed by atoms with E-state index in [2.05, 4.69) is 9.71 Å². The van der Waals surface area contributed by atoms with Gasteiger partial charge in [-0.1, -0.05) is 12.1 Å². The van der Waals surface area contributed by atoms with E-state index in [1.165, 1.54) is 30.2 Å². The van der Waals surface area contributed by atoms with Gasteiger partial charge in [0.1, 0.15) is 0 Å². The lowest BCUT2D eigenvalue weighted by Crippen LogP contribution is -2.60. The summed E-state index contributed by atoms with van der Waals surface area (Å²) in [6.45, 7) is 0.123. The number of benzene rings is 1. The van der Waals surface area contributed by atoms with E-state index < -0.39 is 10.0 Å². The maximum atomic E-state index is 12.8. The molecule has 6 rings (SSSR count). The second kappa shape index (κ2) is 6.14. The first-order valence-electron chi connectivity index (χ1n) is 9.87. The zero-order chi connectivity index (χ0) is 18.6. The molecule has 1 N–H and O–H groups in total. The van der Waals surface area contributed by atoms with Gasteiger partial charge in [-0.05, 0) is 68.4 Å². The highest BCUT2D eigenvalue weighted by Crippen LogP contribution is 2.55. The van der Waals surface area contributed by atoms with E-state index >= 15 is 0 Å². The highest BCUT2D eigenvalue weighted by atomic mass is 32.2. The van der Waals surface area contributed by atoms with Crippen LogP contribution in [0, 0.1) is 17.8 Å². The second-order valence-electron chi connectivity index (χ2n) is 8.88. The van der Waals surface area contributed by atoms with Crippen LogP contribution in [-0.2, 0) is 16.6 Å². The number of fused-ring (bicyclic) bond motifs is 1. The molecule has 7 heteroatoms. The average molecular weight is 388 g/mol. The number of rotatable bonds is 5. The normalized spacial score (nSPS) is 32.2. The van der Waals surface area contributed by atoms with Crippen LogP contribution < -0.4 is 10.3 Å². The molecule has 2 aromatic rings. The van der Waals surface area contributed by atoms with Crippen LogP contribution in [0.5, 0.6) is 0 Å². The minimum atomic E-state index is -3.45. The fraction of sp³-hybridized carbons (Fsp3) is 0.600. The molecule has 0 unspecified atom stereocenters. The monoisotopic (exact) mass is 387 g/mol. The maximum absolute atomic E-state index is 12.8. The first-order chi connectivity index (χ1) is 12.9. The molecule has 0 aliphatic heterocycles. The molecule has 4 aliphatic rings. The number of aromatic nitrogens is 2. The number of sulfonamides is 1. The summed E-state index contributed by atoms with van der Waals surface area (Å²) in [6, 6.07) is 7.13. The van der Waals surface area contributed by atoms with Gasteiger partial charge < -0.3 is 0 Å². The van der Waals surface area contributed by atoms with E-state index in [1.807, 2.05) is 6.07 Å². The highest BCUT2D eigenvalue weighted by molar-refractivity contribution is 7.89. The molecule has 4 fully saturated rings. The summed E-state index contributed by atoms with van der Waals surface area (Å²) in [5.74, 6) is 1.97. The third-order valence-corrected chi connectivity index (χ3v) is 8.21. The van der Waals surface area contributed by atoms with Crippen molar-refractivity contribution in [3.63, 3.8) is 0 Å². The summed E-state index contributed by atoms with van der Waals surface area (Å²) in [5, 5.41) is 0.520. The number of nitrogens with zero attached hydrogens (tertiary/aromatic N) is 2. The molecule has 27 heavy (non-hydrogen) atoms. The van der Waals surface area contributed by atoms with E-state index in [0.29, 0.717) is 28.7 Å². The van der Waals surface area contributed by atoms with Gasteiger partial charge in [0, 0.05) is 12.1 Å². The Bertz CT molecular complexity index is 1010. The van der Waals surface area contributed by atoms with Crippen molar-refractivity contribution in [1.82, 2.24) is 14.3 Å². The molecule has 4 bridgehead atoms.